The van der Waals surface area contributed by atoms with Crippen molar-refractivity contribution in [1.29, 1.82) is 0 Å². The maximum absolute atomic E-state index is 13.0. The zero-order valence-electron chi connectivity index (χ0n) is 15.5. The third-order valence-electron chi connectivity index (χ3n) is 4.38. The van der Waals surface area contributed by atoms with Gasteiger partial charge in [-0.25, -0.2) is 4.39 Å². The van der Waals surface area contributed by atoms with Crippen molar-refractivity contribution < 1.29 is 9.18 Å². The van der Waals surface area contributed by atoms with Gasteiger partial charge in [0, 0.05) is 11.8 Å². The Hall–Kier alpha value is -3.45. The fraction of sp³-hybridized carbons (Fsp3) is 0.0952. The van der Waals surface area contributed by atoms with Crippen molar-refractivity contribution in [3.8, 4) is 11.3 Å². The van der Waals surface area contributed by atoms with Crippen LogP contribution >= 0.6 is 11.6 Å². The van der Waals surface area contributed by atoms with Crippen LogP contribution in [0.4, 0.5) is 10.2 Å². The van der Waals surface area contributed by atoms with Crippen LogP contribution < -0.4 is 5.32 Å². The summed E-state index contributed by atoms with van der Waals surface area (Å²) >= 11 is 6.20. The molecular formula is C21H17ClFN5O. The summed E-state index contributed by atoms with van der Waals surface area (Å²) in [4.78, 5) is 12.5. The van der Waals surface area contributed by atoms with E-state index in [1.807, 2.05) is 31.2 Å². The Morgan fingerprint density at radius 3 is 2.62 bits per heavy atom. The second-order valence-electron chi connectivity index (χ2n) is 6.64. The SMILES string of the molecule is Cc1ccc(-c2cc(C(=O)Nc3nn(Cc4ccc(F)cc4)cc3Cl)[nH]n2)cc1. The number of H-pyrrole nitrogens is 1. The Balaban J connectivity index is 1.46. The van der Waals surface area contributed by atoms with E-state index in [0.29, 0.717) is 23.0 Å². The summed E-state index contributed by atoms with van der Waals surface area (Å²) in [6, 6.07) is 15.6. The molecule has 2 heterocycles. The molecule has 2 aromatic heterocycles. The highest BCUT2D eigenvalue weighted by Crippen LogP contribution is 2.22. The number of amides is 1. The first-order valence-electron chi connectivity index (χ1n) is 8.89. The van der Waals surface area contributed by atoms with Gasteiger partial charge in [-0.1, -0.05) is 53.6 Å². The van der Waals surface area contributed by atoms with Gasteiger partial charge >= 0.3 is 0 Å². The van der Waals surface area contributed by atoms with Crippen LogP contribution in [0, 0.1) is 12.7 Å². The number of nitrogens with zero attached hydrogens (tertiary/aromatic N) is 3. The van der Waals surface area contributed by atoms with Crippen LogP contribution in [0.3, 0.4) is 0 Å². The van der Waals surface area contributed by atoms with Crippen molar-refractivity contribution in [3.05, 3.63) is 88.5 Å². The van der Waals surface area contributed by atoms with Gasteiger partial charge in [0.25, 0.3) is 5.91 Å². The summed E-state index contributed by atoms with van der Waals surface area (Å²) in [5.41, 5.74) is 3.88. The minimum Gasteiger partial charge on any atom is -0.302 e. The predicted molar refractivity (Wildman–Crippen MR) is 109 cm³/mol. The maximum atomic E-state index is 13.0. The average Bonchev–Trinajstić information content (AvgIpc) is 3.32. The van der Waals surface area contributed by atoms with Crippen LogP contribution in [0.5, 0.6) is 0 Å². The minimum absolute atomic E-state index is 0.241. The minimum atomic E-state index is -0.398. The molecular weight excluding hydrogens is 393 g/mol. The van der Waals surface area contributed by atoms with E-state index in [1.165, 1.54) is 12.1 Å². The zero-order valence-corrected chi connectivity index (χ0v) is 16.2. The number of aromatic amines is 1. The quantitative estimate of drug-likeness (QED) is 0.502. The van der Waals surface area contributed by atoms with Gasteiger partial charge in [-0.05, 0) is 30.7 Å². The lowest BCUT2D eigenvalue weighted by Gasteiger charge is -2.02. The lowest BCUT2D eigenvalue weighted by molar-refractivity contribution is 0.102. The number of hydrogen-bond acceptors (Lipinski definition) is 3. The Morgan fingerprint density at radius 1 is 1.17 bits per heavy atom. The van der Waals surface area contributed by atoms with Gasteiger partial charge in [0.05, 0.1) is 12.2 Å². The Kier molecular flexibility index (Phi) is 5.14. The molecule has 0 bridgehead atoms. The highest BCUT2D eigenvalue weighted by Gasteiger charge is 2.15. The predicted octanol–water partition coefficient (Wildman–Crippen LogP) is 4.67. The van der Waals surface area contributed by atoms with Gasteiger partial charge in [-0.3, -0.25) is 14.6 Å². The molecule has 4 aromatic rings. The van der Waals surface area contributed by atoms with E-state index in [4.69, 9.17) is 11.6 Å². The van der Waals surface area contributed by atoms with E-state index in [0.717, 1.165) is 16.7 Å². The smallest absolute Gasteiger partial charge is 0.274 e. The molecule has 1 amide bonds. The van der Waals surface area contributed by atoms with Crippen molar-refractivity contribution in [1.82, 2.24) is 20.0 Å². The van der Waals surface area contributed by atoms with Crippen molar-refractivity contribution in [2.45, 2.75) is 13.5 Å². The monoisotopic (exact) mass is 409 g/mol. The first-order valence-corrected chi connectivity index (χ1v) is 9.27. The molecule has 0 saturated heterocycles. The third-order valence-corrected chi connectivity index (χ3v) is 4.65. The molecule has 29 heavy (non-hydrogen) atoms. The molecule has 0 aliphatic rings. The Bertz CT molecular complexity index is 1150. The second kappa shape index (κ2) is 7.89. The topological polar surface area (TPSA) is 75.6 Å². The highest BCUT2D eigenvalue weighted by atomic mass is 35.5. The second-order valence-corrected chi connectivity index (χ2v) is 7.04. The normalized spacial score (nSPS) is 10.9. The van der Waals surface area contributed by atoms with Crippen LogP contribution in [0.15, 0.2) is 60.8 Å². The summed E-state index contributed by atoms with van der Waals surface area (Å²) in [5.74, 6) is -0.458. The van der Waals surface area contributed by atoms with E-state index in [1.54, 1.807) is 29.1 Å². The number of aryl methyl sites for hydroxylation is 1. The largest absolute Gasteiger partial charge is 0.302 e. The molecule has 0 aliphatic carbocycles. The van der Waals surface area contributed by atoms with Crippen LogP contribution in [0.1, 0.15) is 21.6 Å². The number of hydrogen-bond donors (Lipinski definition) is 2. The van der Waals surface area contributed by atoms with Crippen LogP contribution in [0.2, 0.25) is 5.02 Å². The van der Waals surface area contributed by atoms with E-state index < -0.39 is 5.91 Å². The number of carbonyl (C=O) groups excluding carboxylic acids is 1. The Morgan fingerprint density at radius 2 is 1.90 bits per heavy atom. The fourth-order valence-electron chi connectivity index (χ4n) is 2.82. The van der Waals surface area contributed by atoms with E-state index in [9.17, 15) is 9.18 Å². The molecule has 4 rings (SSSR count). The molecule has 0 unspecified atom stereocenters. The lowest BCUT2D eigenvalue weighted by Crippen LogP contribution is -2.13. The maximum Gasteiger partial charge on any atom is 0.274 e. The van der Waals surface area contributed by atoms with Gasteiger partial charge in [0.15, 0.2) is 5.82 Å². The number of benzene rings is 2. The highest BCUT2D eigenvalue weighted by molar-refractivity contribution is 6.33. The molecule has 0 saturated carbocycles. The number of halogens is 2. The molecule has 0 spiro atoms. The number of rotatable bonds is 5. The van der Waals surface area contributed by atoms with Crippen LogP contribution in [-0.4, -0.2) is 25.9 Å². The van der Waals surface area contributed by atoms with Crippen molar-refractivity contribution in [3.63, 3.8) is 0 Å². The van der Waals surface area contributed by atoms with Crippen LogP contribution in [-0.2, 0) is 6.54 Å². The van der Waals surface area contributed by atoms with Crippen LogP contribution in [0.25, 0.3) is 11.3 Å². The number of anilines is 1. The van der Waals surface area contributed by atoms with Crippen molar-refractivity contribution >= 4 is 23.3 Å². The molecule has 0 fully saturated rings. The summed E-state index contributed by atoms with van der Waals surface area (Å²) in [7, 11) is 0. The van der Waals surface area contributed by atoms with Crippen molar-refractivity contribution in [2.75, 3.05) is 5.32 Å². The van der Waals surface area contributed by atoms with Gasteiger partial charge in [0.1, 0.15) is 16.5 Å². The number of nitrogens with one attached hydrogen (secondary N) is 2. The molecule has 6 nitrogen and oxygen atoms in total. The van der Waals surface area contributed by atoms with Gasteiger partial charge in [0.2, 0.25) is 0 Å². The molecule has 0 aliphatic heterocycles. The summed E-state index contributed by atoms with van der Waals surface area (Å²) in [5, 5.41) is 14.2. The fourth-order valence-corrected chi connectivity index (χ4v) is 3.02. The Labute approximate surface area is 171 Å². The summed E-state index contributed by atoms with van der Waals surface area (Å²) < 4.78 is 14.6. The first kappa shape index (κ1) is 18.9. The molecule has 0 atom stereocenters. The first-order chi connectivity index (χ1) is 14.0. The number of carbonyl (C=O) groups is 1. The zero-order chi connectivity index (χ0) is 20.4. The summed E-state index contributed by atoms with van der Waals surface area (Å²) in [6.45, 7) is 2.41. The molecule has 0 radical (unpaired) electrons. The summed E-state index contributed by atoms with van der Waals surface area (Å²) in [6.07, 6.45) is 1.60. The standard InChI is InChI=1S/C21H17ClFN5O/c1-13-2-6-15(7-3-13)18-10-19(26-25-18)21(29)24-20-17(22)12-28(27-20)11-14-4-8-16(23)9-5-14/h2-10,12H,11H2,1H3,(H,25,26)(H,24,27,29). The number of aromatic nitrogens is 4. The lowest BCUT2D eigenvalue weighted by atomic mass is 10.1. The van der Waals surface area contributed by atoms with E-state index >= 15 is 0 Å². The van der Waals surface area contributed by atoms with E-state index in [2.05, 4.69) is 20.6 Å². The molecule has 146 valence electrons. The van der Waals surface area contributed by atoms with Gasteiger partial charge in [-0.2, -0.15) is 10.2 Å². The van der Waals surface area contributed by atoms with Gasteiger partial charge < -0.3 is 5.32 Å². The third kappa shape index (κ3) is 4.35. The average molecular weight is 410 g/mol. The van der Waals surface area contributed by atoms with Gasteiger partial charge in [-0.15, -0.1) is 0 Å². The molecule has 2 N–H and O–H groups in total. The van der Waals surface area contributed by atoms with E-state index in [-0.39, 0.29) is 11.6 Å². The molecule has 2 aromatic carbocycles. The van der Waals surface area contributed by atoms with Crippen molar-refractivity contribution in [2.24, 2.45) is 0 Å². The molecule has 8 heteroatoms.